The molecule has 0 aliphatic rings. The molecule has 142 valence electrons. The summed E-state index contributed by atoms with van der Waals surface area (Å²) < 4.78 is 2.20. The van der Waals surface area contributed by atoms with Gasteiger partial charge in [0, 0.05) is 26.2 Å². The van der Waals surface area contributed by atoms with Crippen molar-refractivity contribution in [2.24, 2.45) is 4.99 Å². The van der Waals surface area contributed by atoms with Crippen LogP contribution in [0.25, 0.3) is 11.0 Å². The van der Waals surface area contributed by atoms with E-state index in [0.29, 0.717) is 6.04 Å². The number of rotatable bonds is 8. The van der Waals surface area contributed by atoms with E-state index in [-0.39, 0.29) is 0 Å². The Morgan fingerprint density at radius 1 is 1.11 bits per heavy atom. The Kier molecular flexibility index (Phi) is 6.85. The maximum Gasteiger partial charge on any atom is 0.191 e. The van der Waals surface area contributed by atoms with Crippen molar-refractivity contribution in [3.05, 3.63) is 66.5 Å². The lowest BCUT2D eigenvalue weighted by atomic mass is 10.1. The number of para-hydroxylation sites is 2. The van der Waals surface area contributed by atoms with Gasteiger partial charge in [0.25, 0.3) is 0 Å². The monoisotopic (exact) mass is 363 g/mol. The topological polar surface area (TPSA) is 54.2 Å². The van der Waals surface area contributed by atoms with Gasteiger partial charge in [-0.1, -0.05) is 42.5 Å². The van der Waals surface area contributed by atoms with E-state index in [1.54, 1.807) is 0 Å². The minimum atomic E-state index is 0.369. The standard InChI is InChI=1S/C22H29N5/c1-18(13-14-19-9-4-3-5-10-19)26-22(23-2)24-15-8-16-27-17-25-20-11-6-7-12-21(20)27/h3-7,9-12,17-18H,8,13-16H2,1-2H3,(H2,23,24,26). The second-order valence-corrected chi connectivity index (χ2v) is 6.85. The molecule has 2 N–H and O–H groups in total. The number of nitrogens with zero attached hydrogens (tertiary/aromatic N) is 3. The van der Waals surface area contributed by atoms with E-state index in [4.69, 9.17) is 0 Å². The Labute approximate surface area is 161 Å². The third-order valence-electron chi connectivity index (χ3n) is 4.71. The quantitative estimate of drug-likeness (QED) is 0.365. The summed E-state index contributed by atoms with van der Waals surface area (Å²) in [5.41, 5.74) is 3.62. The van der Waals surface area contributed by atoms with Crippen molar-refractivity contribution in [2.75, 3.05) is 13.6 Å². The second-order valence-electron chi connectivity index (χ2n) is 6.85. The summed E-state index contributed by atoms with van der Waals surface area (Å²) in [6.07, 6.45) is 5.08. The van der Waals surface area contributed by atoms with Gasteiger partial charge in [0.1, 0.15) is 0 Å². The van der Waals surface area contributed by atoms with Crippen molar-refractivity contribution in [1.29, 1.82) is 0 Å². The molecular formula is C22H29N5. The van der Waals surface area contributed by atoms with Crippen LogP contribution >= 0.6 is 0 Å². The summed E-state index contributed by atoms with van der Waals surface area (Å²) in [7, 11) is 1.82. The van der Waals surface area contributed by atoms with E-state index in [1.165, 1.54) is 11.1 Å². The molecule has 3 aromatic rings. The van der Waals surface area contributed by atoms with Gasteiger partial charge in [-0.2, -0.15) is 0 Å². The lowest BCUT2D eigenvalue weighted by Crippen LogP contribution is -2.42. The Hall–Kier alpha value is -2.82. The summed E-state index contributed by atoms with van der Waals surface area (Å²) in [5, 5.41) is 6.89. The number of hydrogen-bond acceptors (Lipinski definition) is 2. The van der Waals surface area contributed by atoms with Crippen LogP contribution in [0.15, 0.2) is 65.9 Å². The fourth-order valence-electron chi connectivity index (χ4n) is 3.17. The van der Waals surface area contributed by atoms with Crippen LogP contribution in [0.4, 0.5) is 0 Å². The predicted octanol–water partition coefficient (Wildman–Crippen LogP) is 3.61. The molecule has 0 fully saturated rings. The van der Waals surface area contributed by atoms with Crippen molar-refractivity contribution in [2.45, 2.75) is 38.8 Å². The van der Waals surface area contributed by atoms with Gasteiger partial charge in [-0.25, -0.2) is 4.98 Å². The summed E-state index contributed by atoms with van der Waals surface area (Å²) in [6, 6.07) is 19.2. The first-order valence-corrected chi connectivity index (χ1v) is 9.67. The first-order chi connectivity index (χ1) is 13.3. The third kappa shape index (κ3) is 5.58. The highest BCUT2D eigenvalue weighted by molar-refractivity contribution is 5.79. The van der Waals surface area contributed by atoms with Crippen LogP contribution in [-0.2, 0) is 13.0 Å². The maximum absolute atomic E-state index is 4.44. The molecule has 0 amide bonds. The zero-order valence-electron chi connectivity index (χ0n) is 16.2. The molecule has 0 saturated heterocycles. The number of imidazole rings is 1. The van der Waals surface area contributed by atoms with Crippen LogP contribution in [0.2, 0.25) is 0 Å². The van der Waals surface area contributed by atoms with Crippen LogP contribution in [0, 0.1) is 0 Å². The molecule has 3 rings (SSSR count). The molecule has 1 heterocycles. The second kappa shape index (κ2) is 9.76. The van der Waals surface area contributed by atoms with Gasteiger partial charge in [0.2, 0.25) is 0 Å². The number of fused-ring (bicyclic) bond motifs is 1. The van der Waals surface area contributed by atoms with E-state index in [1.807, 2.05) is 25.5 Å². The summed E-state index contributed by atoms with van der Waals surface area (Å²) >= 11 is 0. The Balaban J connectivity index is 1.38. The Morgan fingerprint density at radius 3 is 2.70 bits per heavy atom. The van der Waals surface area contributed by atoms with Crippen LogP contribution in [0.1, 0.15) is 25.3 Å². The summed E-state index contributed by atoms with van der Waals surface area (Å²) in [6.45, 7) is 4.01. The highest BCUT2D eigenvalue weighted by Crippen LogP contribution is 2.11. The molecule has 1 aromatic heterocycles. The third-order valence-corrected chi connectivity index (χ3v) is 4.71. The summed E-state index contributed by atoms with van der Waals surface area (Å²) in [5.74, 6) is 0.867. The lowest BCUT2D eigenvalue weighted by Gasteiger charge is -2.18. The van der Waals surface area contributed by atoms with E-state index < -0.39 is 0 Å². The van der Waals surface area contributed by atoms with Crippen molar-refractivity contribution >= 4 is 17.0 Å². The van der Waals surface area contributed by atoms with Crippen LogP contribution in [0.3, 0.4) is 0 Å². The molecule has 1 unspecified atom stereocenters. The molecular weight excluding hydrogens is 334 g/mol. The van der Waals surface area contributed by atoms with Crippen LogP contribution < -0.4 is 10.6 Å². The Bertz CT molecular complexity index is 853. The van der Waals surface area contributed by atoms with Crippen molar-refractivity contribution < 1.29 is 0 Å². The molecule has 0 radical (unpaired) electrons. The average molecular weight is 364 g/mol. The van der Waals surface area contributed by atoms with E-state index >= 15 is 0 Å². The largest absolute Gasteiger partial charge is 0.356 e. The normalized spacial score (nSPS) is 12.9. The molecule has 0 spiro atoms. The minimum absolute atomic E-state index is 0.369. The Morgan fingerprint density at radius 2 is 1.89 bits per heavy atom. The lowest BCUT2D eigenvalue weighted by molar-refractivity contribution is 0.584. The molecule has 0 aliphatic carbocycles. The van der Waals surface area contributed by atoms with Gasteiger partial charge < -0.3 is 15.2 Å². The van der Waals surface area contributed by atoms with Crippen LogP contribution in [-0.4, -0.2) is 35.1 Å². The number of hydrogen-bond donors (Lipinski definition) is 2. The van der Waals surface area contributed by atoms with Gasteiger partial charge in [0.15, 0.2) is 5.96 Å². The van der Waals surface area contributed by atoms with Crippen molar-refractivity contribution in [3.63, 3.8) is 0 Å². The molecule has 1 atom stereocenters. The molecule has 5 nitrogen and oxygen atoms in total. The minimum Gasteiger partial charge on any atom is -0.356 e. The van der Waals surface area contributed by atoms with E-state index in [9.17, 15) is 0 Å². The van der Waals surface area contributed by atoms with Gasteiger partial charge >= 0.3 is 0 Å². The molecule has 5 heteroatoms. The number of aromatic nitrogens is 2. The van der Waals surface area contributed by atoms with E-state index in [2.05, 4.69) is 74.6 Å². The SMILES string of the molecule is CN=C(NCCCn1cnc2ccccc21)NC(C)CCc1ccccc1. The highest BCUT2D eigenvalue weighted by atomic mass is 15.2. The molecule has 2 aromatic carbocycles. The zero-order chi connectivity index (χ0) is 18.9. The van der Waals surface area contributed by atoms with Crippen molar-refractivity contribution in [1.82, 2.24) is 20.2 Å². The van der Waals surface area contributed by atoms with Crippen molar-refractivity contribution in [3.8, 4) is 0 Å². The fourth-order valence-corrected chi connectivity index (χ4v) is 3.17. The molecule has 27 heavy (non-hydrogen) atoms. The average Bonchev–Trinajstić information content (AvgIpc) is 3.12. The van der Waals surface area contributed by atoms with Gasteiger partial charge in [-0.15, -0.1) is 0 Å². The molecule has 0 aliphatic heterocycles. The van der Waals surface area contributed by atoms with Crippen LogP contribution in [0.5, 0.6) is 0 Å². The maximum atomic E-state index is 4.44. The van der Waals surface area contributed by atoms with Gasteiger partial charge in [0.05, 0.1) is 17.4 Å². The van der Waals surface area contributed by atoms with Gasteiger partial charge in [-0.3, -0.25) is 4.99 Å². The number of benzene rings is 2. The molecule has 0 saturated carbocycles. The van der Waals surface area contributed by atoms with E-state index in [0.717, 1.165) is 43.8 Å². The fraction of sp³-hybridized carbons (Fsp3) is 0.364. The smallest absolute Gasteiger partial charge is 0.191 e. The molecule has 0 bridgehead atoms. The number of guanidine groups is 1. The van der Waals surface area contributed by atoms with Gasteiger partial charge in [-0.05, 0) is 43.9 Å². The predicted molar refractivity (Wildman–Crippen MR) is 113 cm³/mol. The number of aliphatic imine (C=N–C) groups is 1. The first kappa shape index (κ1) is 19.0. The number of aryl methyl sites for hydroxylation is 2. The number of nitrogens with one attached hydrogen (secondary N) is 2. The summed E-state index contributed by atoms with van der Waals surface area (Å²) in [4.78, 5) is 8.78. The zero-order valence-corrected chi connectivity index (χ0v) is 16.2. The highest BCUT2D eigenvalue weighted by Gasteiger charge is 2.06. The first-order valence-electron chi connectivity index (χ1n) is 9.67.